The molecule has 1 N–H and O–H groups in total. The fraction of sp³-hybridized carbons (Fsp3) is 1.00. The SMILES string of the molecule is CC1(C)CNC2(CC(CF)(CF)C2)OC1(C)C. The topological polar surface area (TPSA) is 21.3 Å². The van der Waals surface area contributed by atoms with Crippen LogP contribution < -0.4 is 5.32 Å². The molecule has 0 aromatic rings. The molecule has 1 aliphatic carbocycles. The molecule has 1 saturated heterocycles. The summed E-state index contributed by atoms with van der Waals surface area (Å²) in [5, 5.41) is 3.35. The summed E-state index contributed by atoms with van der Waals surface area (Å²) < 4.78 is 31.8. The van der Waals surface area contributed by atoms with Crippen LogP contribution >= 0.6 is 0 Å². The van der Waals surface area contributed by atoms with E-state index in [0.29, 0.717) is 12.8 Å². The second-order valence-electron chi connectivity index (χ2n) is 6.96. The van der Waals surface area contributed by atoms with Gasteiger partial charge in [0.1, 0.15) is 5.72 Å². The lowest BCUT2D eigenvalue weighted by Gasteiger charge is -2.62. The molecule has 2 nitrogen and oxygen atoms in total. The van der Waals surface area contributed by atoms with Gasteiger partial charge in [0.05, 0.1) is 19.0 Å². The molecule has 0 atom stereocenters. The van der Waals surface area contributed by atoms with Crippen LogP contribution in [0, 0.1) is 10.8 Å². The van der Waals surface area contributed by atoms with Crippen molar-refractivity contribution in [2.24, 2.45) is 10.8 Å². The van der Waals surface area contributed by atoms with Crippen LogP contribution in [0.3, 0.4) is 0 Å². The maximum absolute atomic E-state index is 12.9. The van der Waals surface area contributed by atoms with E-state index in [0.717, 1.165) is 6.54 Å². The summed E-state index contributed by atoms with van der Waals surface area (Å²) in [5.74, 6) is 0. The Balaban J connectivity index is 2.08. The first-order chi connectivity index (χ1) is 7.70. The molecule has 0 aromatic carbocycles. The van der Waals surface area contributed by atoms with E-state index in [-0.39, 0.29) is 11.0 Å². The highest BCUT2D eigenvalue weighted by molar-refractivity contribution is 5.09. The van der Waals surface area contributed by atoms with Crippen molar-refractivity contribution in [1.29, 1.82) is 0 Å². The zero-order valence-electron chi connectivity index (χ0n) is 11.2. The Morgan fingerprint density at radius 1 is 1.06 bits per heavy atom. The molecule has 4 heteroatoms. The van der Waals surface area contributed by atoms with Crippen molar-refractivity contribution < 1.29 is 13.5 Å². The molecule has 1 heterocycles. The van der Waals surface area contributed by atoms with E-state index >= 15 is 0 Å². The Hall–Kier alpha value is -0.220. The average molecular weight is 247 g/mol. The van der Waals surface area contributed by atoms with E-state index in [9.17, 15) is 8.78 Å². The minimum absolute atomic E-state index is 0.0158. The number of alkyl halides is 2. The van der Waals surface area contributed by atoms with E-state index in [1.807, 2.05) is 0 Å². The second-order valence-corrected chi connectivity index (χ2v) is 6.96. The average Bonchev–Trinajstić information content (AvgIpc) is 2.19. The minimum atomic E-state index is -0.801. The molecule has 2 fully saturated rings. The summed E-state index contributed by atoms with van der Waals surface area (Å²) in [7, 11) is 0. The molecule has 2 rings (SSSR count). The number of hydrogen-bond donors (Lipinski definition) is 1. The van der Waals surface area contributed by atoms with Gasteiger partial charge in [-0.15, -0.1) is 0 Å². The lowest BCUT2D eigenvalue weighted by molar-refractivity contribution is -0.297. The number of rotatable bonds is 2. The largest absolute Gasteiger partial charge is 0.354 e. The van der Waals surface area contributed by atoms with Crippen LogP contribution in [0.25, 0.3) is 0 Å². The third-order valence-electron chi connectivity index (χ3n) is 4.82. The van der Waals surface area contributed by atoms with Crippen LogP contribution in [0.15, 0.2) is 0 Å². The predicted molar refractivity (Wildman–Crippen MR) is 63.3 cm³/mol. The molecule has 0 amide bonds. The molecule has 100 valence electrons. The first kappa shape index (κ1) is 13.2. The Morgan fingerprint density at radius 3 is 2.00 bits per heavy atom. The van der Waals surface area contributed by atoms with Gasteiger partial charge in [-0.05, 0) is 13.8 Å². The molecule has 17 heavy (non-hydrogen) atoms. The lowest BCUT2D eigenvalue weighted by Crippen LogP contribution is -2.72. The van der Waals surface area contributed by atoms with Crippen molar-refractivity contribution in [3.8, 4) is 0 Å². The Bertz CT molecular complexity index is 303. The van der Waals surface area contributed by atoms with E-state index in [1.165, 1.54) is 0 Å². The lowest BCUT2D eigenvalue weighted by atomic mass is 9.62. The molecule has 0 aromatic heterocycles. The second kappa shape index (κ2) is 3.64. The molecule has 2 aliphatic rings. The van der Waals surface area contributed by atoms with E-state index in [4.69, 9.17) is 4.74 Å². The highest BCUT2D eigenvalue weighted by atomic mass is 19.1. The van der Waals surface area contributed by atoms with Gasteiger partial charge in [-0.2, -0.15) is 0 Å². The number of hydrogen-bond acceptors (Lipinski definition) is 2. The van der Waals surface area contributed by atoms with Gasteiger partial charge >= 0.3 is 0 Å². The fourth-order valence-electron chi connectivity index (χ4n) is 2.84. The van der Waals surface area contributed by atoms with Crippen LogP contribution in [0.5, 0.6) is 0 Å². The highest BCUT2D eigenvalue weighted by Gasteiger charge is 2.61. The summed E-state index contributed by atoms with van der Waals surface area (Å²) >= 11 is 0. The first-order valence-corrected chi connectivity index (χ1v) is 6.27. The Morgan fingerprint density at radius 2 is 1.59 bits per heavy atom. The van der Waals surface area contributed by atoms with Gasteiger partial charge < -0.3 is 4.74 Å². The van der Waals surface area contributed by atoms with Gasteiger partial charge in [-0.25, -0.2) is 0 Å². The van der Waals surface area contributed by atoms with Crippen molar-refractivity contribution >= 4 is 0 Å². The summed E-state index contributed by atoms with van der Waals surface area (Å²) in [6.07, 6.45) is 0.874. The molecule has 1 aliphatic heterocycles. The molecular weight excluding hydrogens is 224 g/mol. The van der Waals surface area contributed by atoms with Crippen molar-refractivity contribution in [2.75, 3.05) is 19.9 Å². The van der Waals surface area contributed by atoms with Gasteiger partial charge in [-0.3, -0.25) is 14.1 Å². The molecule has 0 unspecified atom stereocenters. The Labute approximate surface area is 102 Å². The van der Waals surface area contributed by atoms with Crippen LogP contribution in [-0.4, -0.2) is 31.2 Å². The zero-order valence-corrected chi connectivity index (χ0v) is 11.2. The van der Waals surface area contributed by atoms with E-state index in [1.54, 1.807) is 0 Å². The Kier molecular flexibility index (Phi) is 2.83. The predicted octanol–water partition coefficient (Wildman–Crippen LogP) is 2.83. The van der Waals surface area contributed by atoms with Crippen molar-refractivity contribution in [3.63, 3.8) is 0 Å². The molecular formula is C13H23F2NO. The summed E-state index contributed by atoms with van der Waals surface area (Å²) in [6, 6.07) is 0. The van der Waals surface area contributed by atoms with Gasteiger partial charge in [0.25, 0.3) is 0 Å². The quantitative estimate of drug-likeness (QED) is 0.810. The number of ether oxygens (including phenoxy) is 1. The minimum Gasteiger partial charge on any atom is -0.354 e. The monoisotopic (exact) mass is 247 g/mol. The van der Waals surface area contributed by atoms with Gasteiger partial charge in [0.15, 0.2) is 0 Å². The highest BCUT2D eigenvalue weighted by Crippen LogP contribution is 2.55. The number of halogens is 2. The maximum Gasteiger partial charge on any atom is 0.121 e. The third-order valence-corrected chi connectivity index (χ3v) is 4.82. The number of nitrogens with one attached hydrogen (secondary N) is 1. The molecule has 1 saturated carbocycles. The van der Waals surface area contributed by atoms with Crippen LogP contribution in [-0.2, 0) is 4.74 Å². The van der Waals surface area contributed by atoms with Gasteiger partial charge in [0, 0.05) is 30.2 Å². The standard InChI is InChI=1S/C13H23F2NO/c1-10(2)9-16-13(17-11(10,3)4)5-12(6-13,7-14)8-15/h16H,5-9H2,1-4H3. The van der Waals surface area contributed by atoms with Crippen molar-refractivity contribution in [2.45, 2.75) is 51.9 Å². The summed E-state index contributed by atoms with van der Waals surface area (Å²) in [6.45, 7) is 8.02. The van der Waals surface area contributed by atoms with Gasteiger partial charge in [-0.1, -0.05) is 13.8 Å². The normalized spacial score (nSPS) is 32.1. The van der Waals surface area contributed by atoms with Crippen LogP contribution in [0.1, 0.15) is 40.5 Å². The summed E-state index contributed by atoms with van der Waals surface area (Å²) in [4.78, 5) is 0. The van der Waals surface area contributed by atoms with Crippen molar-refractivity contribution in [1.82, 2.24) is 5.32 Å². The molecule has 0 bridgehead atoms. The third kappa shape index (κ3) is 1.89. The summed E-state index contributed by atoms with van der Waals surface area (Å²) in [5.41, 5.74) is -1.57. The van der Waals surface area contributed by atoms with Crippen LogP contribution in [0.2, 0.25) is 0 Å². The maximum atomic E-state index is 12.9. The van der Waals surface area contributed by atoms with Gasteiger partial charge in [0.2, 0.25) is 0 Å². The van der Waals surface area contributed by atoms with Crippen molar-refractivity contribution in [3.05, 3.63) is 0 Å². The zero-order chi connectivity index (χ0) is 12.9. The fourth-order valence-corrected chi connectivity index (χ4v) is 2.84. The van der Waals surface area contributed by atoms with E-state index < -0.39 is 24.5 Å². The first-order valence-electron chi connectivity index (χ1n) is 6.27. The van der Waals surface area contributed by atoms with Crippen LogP contribution in [0.4, 0.5) is 8.78 Å². The molecule has 1 spiro atoms. The smallest absolute Gasteiger partial charge is 0.121 e. The molecule has 0 radical (unpaired) electrons. The van der Waals surface area contributed by atoms with E-state index in [2.05, 4.69) is 33.0 Å².